The van der Waals surface area contributed by atoms with Crippen molar-refractivity contribution in [3.63, 3.8) is 0 Å². The van der Waals surface area contributed by atoms with Crippen LogP contribution in [0.1, 0.15) is 23.3 Å². The zero-order valence-electron chi connectivity index (χ0n) is 16.7. The number of hydrogen-bond donors (Lipinski definition) is 1. The SMILES string of the molecule is CS(=O)(=O)NC1CCN(C(=O)c2cc(-c3ccccc3)nn2-c2ccccc2)CC1. The number of benzene rings is 2. The first-order valence-corrected chi connectivity index (χ1v) is 11.8. The summed E-state index contributed by atoms with van der Waals surface area (Å²) in [7, 11) is -3.25. The van der Waals surface area contributed by atoms with Gasteiger partial charge in [0.15, 0.2) is 0 Å². The van der Waals surface area contributed by atoms with E-state index in [-0.39, 0.29) is 11.9 Å². The molecule has 0 unspecified atom stereocenters. The molecule has 0 spiro atoms. The molecule has 1 aliphatic heterocycles. The molecule has 1 saturated heterocycles. The van der Waals surface area contributed by atoms with Gasteiger partial charge in [0.25, 0.3) is 5.91 Å². The largest absolute Gasteiger partial charge is 0.337 e. The third kappa shape index (κ3) is 4.60. The number of rotatable bonds is 5. The van der Waals surface area contributed by atoms with Crippen molar-refractivity contribution in [2.45, 2.75) is 18.9 Å². The second-order valence-corrected chi connectivity index (χ2v) is 9.26. The Kier molecular flexibility index (Phi) is 5.69. The quantitative estimate of drug-likeness (QED) is 0.683. The lowest BCUT2D eigenvalue weighted by Gasteiger charge is -2.32. The van der Waals surface area contributed by atoms with Crippen molar-refractivity contribution >= 4 is 15.9 Å². The lowest BCUT2D eigenvalue weighted by atomic mass is 10.1. The smallest absolute Gasteiger partial charge is 0.272 e. The molecule has 4 rings (SSSR count). The van der Waals surface area contributed by atoms with Crippen LogP contribution in [-0.2, 0) is 10.0 Å². The number of nitrogens with one attached hydrogen (secondary N) is 1. The van der Waals surface area contributed by atoms with E-state index in [4.69, 9.17) is 5.10 Å². The summed E-state index contributed by atoms with van der Waals surface area (Å²) in [5.41, 5.74) is 2.99. The van der Waals surface area contributed by atoms with E-state index >= 15 is 0 Å². The van der Waals surface area contributed by atoms with E-state index in [0.29, 0.717) is 31.6 Å². The summed E-state index contributed by atoms with van der Waals surface area (Å²) in [5.74, 6) is -0.105. The molecule has 0 bridgehead atoms. The Morgan fingerprint density at radius 3 is 2.20 bits per heavy atom. The number of amides is 1. The predicted molar refractivity (Wildman–Crippen MR) is 116 cm³/mol. The highest BCUT2D eigenvalue weighted by Crippen LogP contribution is 2.24. The van der Waals surface area contributed by atoms with E-state index < -0.39 is 10.0 Å². The third-order valence-electron chi connectivity index (χ3n) is 5.16. The Balaban J connectivity index is 1.61. The Bertz CT molecular complexity index is 1120. The fourth-order valence-corrected chi connectivity index (χ4v) is 4.56. The molecule has 8 heteroatoms. The van der Waals surface area contributed by atoms with Crippen LogP contribution in [0.25, 0.3) is 16.9 Å². The molecular formula is C22H24N4O3S. The van der Waals surface area contributed by atoms with Gasteiger partial charge in [-0.1, -0.05) is 48.5 Å². The van der Waals surface area contributed by atoms with Crippen molar-refractivity contribution in [3.05, 3.63) is 72.4 Å². The van der Waals surface area contributed by atoms with Crippen molar-refractivity contribution in [2.24, 2.45) is 0 Å². The summed E-state index contributed by atoms with van der Waals surface area (Å²) in [6, 6.07) is 21.0. The van der Waals surface area contributed by atoms with E-state index in [1.807, 2.05) is 66.7 Å². The fraction of sp³-hybridized carbons (Fsp3) is 0.273. The Morgan fingerprint density at radius 1 is 1.00 bits per heavy atom. The van der Waals surface area contributed by atoms with Crippen molar-refractivity contribution in [2.75, 3.05) is 19.3 Å². The van der Waals surface area contributed by atoms with Gasteiger partial charge < -0.3 is 4.90 Å². The van der Waals surface area contributed by atoms with Gasteiger partial charge in [0.05, 0.1) is 17.6 Å². The Hall–Kier alpha value is -2.97. The van der Waals surface area contributed by atoms with Crippen molar-refractivity contribution in [1.82, 2.24) is 19.4 Å². The second-order valence-electron chi connectivity index (χ2n) is 7.48. The third-order valence-corrected chi connectivity index (χ3v) is 5.92. The minimum atomic E-state index is -3.25. The van der Waals surface area contributed by atoms with Gasteiger partial charge in [-0.3, -0.25) is 4.79 Å². The minimum absolute atomic E-state index is 0.105. The van der Waals surface area contributed by atoms with E-state index in [2.05, 4.69) is 4.72 Å². The summed E-state index contributed by atoms with van der Waals surface area (Å²) >= 11 is 0. The maximum Gasteiger partial charge on any atom is 0.272 e. The van der Waals surface area contributed by atoms with E-state index in [1.165, 1.54) is 0 Å². The van der Waals surface area contributed by atoms with Crippen LogP contribution < -0.4 is 4.72 Å². The first-order chi connectivity index (χ1) is 14.4. The summed E-state index contributed by atoms with van der Waals surface area (Å²) in [4.78, 5) is 15.1. The van der Waals surface area contributed by atoms with Crippen LogP contribution in [-0.4, -0.2) is 54.4 Å². The first-order valence-electron chi connectivity index (χ1n) is 9.88. The lowest BCUT2D eigenvalue weighted by Crippen LogP contribution is -2.46. The summed E-state index contributed by atoms with van der Waals surface area (Å²) in [5, 5.41) is 4.71. The highest BCUT2D eigenvalue weighted by atomic mass is 32.2. The van der Waals surface area contributed by atoms with E-state index in [9.17, 15) is 13.2 Å². The number of sulfonamides is 1. The molecule has 156 valence electrons. The molecule has 0 saturated carbocycles. The zero-order chi connectivity index (χ0) is 21.1. The molecule has 1 aromatic heterocycles. The lowest BCUT2D eigenvalue weighted by molar-refractivity contribution is 0.0702. The molecule has 1 amide bonds. The van der Waals surface area contributed by atoms with E-state index in [1.54, 1.807) is 9.58 Å². The monoisotopic (exact) mass is 424 g/mol. The van der Waals surface area contributed by atoms with Crippen LogP contribution in [0.4, 0.5) is 0 Å². The molecule has 1 fully saturated rings. The van der Waals surface area contributed by atoms with E-state index in [0.717, 1.165) is 23.2 Å². The number of carbonyl (C=O) groups excluding carboxylic acids is 1. The number of hydrogen-bond acceptors (Lipinski definition) is 4. The number of carbonyl (C=O) groups is 1. The molecule has 1 aliphatic rings. The molecule has 7 nitrogen and oxygen atoms in total. The van der Waals surface area contributed by atoms with Crippen LogP contribution >= 0.6 is 0 Å². The average Bonchev–Trinajstić information content (AvgIpc) is 3.19. The van der Waals surface area contributed by atoms with Gasteiger partial charge in [0, 0.05) is 24.7 Å². The highest BCUT2D eigenvalue weighted by Gasteiger charge is 2.28. The maximum atomic E-state index is 13.4. The first kappa shape index (κ1) is 20.3. The minimum Gasteiger partial charge on any atom is -0.337 e. The molecule has 1 N–H and O–H groups in total. The average molecular weight is 425 g/mol. The van der Waals surface area contributed by atoms with Gasteiger partial charge in [-0.15, -0.1) is 0 Å². The number of nitrogens with zero attached hydrogens (tertiary/aromatic N) is 3. The Morgan fingerprint density at radius 2 is 1.60 bits per heavy atom. The fourth-order valence-electron chi connectivity index (χ4n) is 3.71. The number of para-hydroxylation sites is 1. The van der Waals surface area contributed by atoms with Crippen molar-refractivity contribution in [3.8, 4) is 16.9 Å². The molecule has 3 aromatic rings. The molecule has 0 atom stereocenters. The molecule has 30 heavy (non-hydrogen) atoms. The number of likely N-dealkylation sites (tertiary alicyclic amines) is 1. The van der Waals surface area contributed by atoms with Gasteiger partial charge in [0.2, 0.25) is 10.0 Å². The molecular weight excluding hydrogens is 400 g/mol. The zero-order valence-corrected chi connectivity index (χ0v) is 17.5. The van der Waals surface area contributed by atoms with Gasteiger partial charge in [0.1, 0.15) is 5.69 Å². The topological polar surface area (TPSA) is 84.3 Å². The van der Waals surface area contributed by atoms with Crippen LogP contribution in [0.15, 0.2) is 66.7 Å². The predicted octanol–water partition coefficient (Wildman–Crippen LogP) is 2.69. The summed E-state index contributed by atoms with van der Waals surface area (Å²) < 4.78 is 27.3. The van der Waals surface area contributed by atoms with Crippen LogP contribution in [0.2, 0.25) is 0 Å². The van der Waals surface area contributed by atoms with Crippen LogP contribution in [0.5, 0.6) is 0 Å². The molecule has 2 heterocycles. The standard InChI is InChI=1S/C22H24N4O3S/c1-30(28,29)24-18-12-14-25(15-13-18)22(27)21-16-20(17-8-4-2-5-9-17)23-26(21)19-10-6-3-7-11-19/h2-11,16,18,24H,12-15H2,1H3. The van der Waals surface area contributed by atoms with Gasteiger partial charge >= 0.3 is 0 Å². The van der Waals surface area contributed by atoms with Gasteiger partial charge in [-0.2, -0.15) is 5.10 Å². The maximum absolute atomic E-state index is 13.4. The normalized spacial score (nSPS) is 15.3. The number of piperidine rings is 1. The van der Waals surface area contributed by atoms with Crippen molar-refractivity contribution < 1.29 is 13.2 Å². The molecule has 0 aliphatic carbocycles. The van der Waals surface area contributed by atoms with Gasteiger partial charge in [-0.05, 0) is 31.0 Å². The van der Waals surface area contributed by atoms with Crippen LogP contribution in [0.3, 0.4) is 0 Å². The molecule has 0 radical (unpaired) electrons. The number of aromatic nitrogens is 2. The van der Waals surface area contributed by atoms with Crippen LogP contribution in [0, 0.1) is 0 Å². The molecule has 2 aromatic carbocycles. The second kappa shape index (κ2) is 8.41. The summed E-state index contributed by atoms with van der Waals surface area (Å²) in [6.45, 7) is 0.985. The Labute approximate surface area is 176 Å². The van der Waals surface area contributed by atoms with Gasteiger partial charge in [-0.25, -0.2) is 17.8 Å². The van der Waals surface area contributed by atoms with Crippen molar-refractivity contribution in [1.29, 1.82) is 0 Å². The highest BCUT2D eigenvalue weighted by molar-refractivity contribution is 7.88. The summed E-state index contributed by atoms with van der Waals surface area (Å²) in [6.07, 6.45) is 2.34.